The molecule has 1 unspecified atom stereocenters. The maximum Gasteiger partial charge on any atom is 0.123 e. The van der Waals surface area contributed by atoms with E-state index in [0.717, 1.165) is 17.1 Å². The molecule has 1 aromatic rings. The molecule has 1 N–H and O–H groups in total. The van der Waals surface area contributed by atoms with Crippen molar-refractivity contribution in [2.75, 3.05) is 5.75 Å². The van der Waals surface area contributed by atoms with Crippen LogP contribution in [0.4, 0.5) is 4.39 Å². The van der Waals surface area contributed by atoms with Gasteiger partial charge in [0.1, 0.15) is 5.82 Å². The minimum absolute atomic E-state index is 0.210. The van der Waals surface area contributed by atoms with Crippen molar-refractivity contribution in [3.8, 4) is 0 Å². The van der Waals surface area contributed by atoms with Gasteiger partial charge >= 0.3 is 0 Å². The third kappa shape index (κ3) is 4.14. The summed E-state index contributed by atoms with van der Waals surface area (Å²) in [5.41, 5.74) is -0.618. The zero-order valence-corrected chi connectivity index (χ0v) is 10.9. The van der Waals surface area contributed by atoms with Gasteiger partial charge in [0.15, 0.2) is 0 Å². The van der Waals surface area contributed by atoms with Gasteiger partial charge in [-0.2, -0.15) is 0 Å². The fraction of sp³-hybridized carbons (Fsp3) is 0.538. The van der Waals surface area contributed by atoms with Crippen LogP contribution in [0.2, 0.25) is 0 Å². The maximum absolute atomic E-state index is 12.7. The third-order valence-corrected chi connectivity index (χ3v) is 3.95. The molecule has 0 spiro atoms. The highest BCUT2D eigenvalue weighted by molar-refractivity contribution is 7.99. The molecule has 0 amide bonds. The standard InChI is InChI=1S/C13H19FOS/c1-10(2)13(3,15)8-9-16-12-6-4-11(14)5-7-12/h4-7,10,15H,8-9H2,1-3H3. The molecule has 3 heteroatoms. The molecule has 16 heavy (non-hydrogen) atoms. The number of hydrogen-bond acceptors (Lipinski definition) is 2. The Morgan fingerprint density at radius 1 is 1.31 bits per heavy atom. The molecular weight excluding hydrogens is 223 g/mol. The summed E-state index contributed by atoms with van der Waals surface area (Å²) in [6.45, 7) is 5.90. The van der Waals surface area contributed by atoms with E-state index < -0.39 is 5.60 Å². The van der Waals surface area contributed by atoms with E-state index in [9.17, 15) is 9.50 Å². The van der Waals surface area contributed by atoms with Gasteiger partial charge in [0.2, 0.25) is 0 Å². The molecule has 0 aliphatic rings. The number of rotatable bonds is 5. The summed E-state index contributed by atoms with van der Waals surface area (Å²) in [6, 6.07) is 6.46. The Kier molecular flexibility index (Phi) is 4.81. The molecule has 0 fully saturated rings. The summed E-state index contributed by atoms with van der Waals surface area (Å²) < 4.78 is 12.7. The second-order valence-electron chi connectivity index (χ2n) is 4.56. The predicted molar refractivity (Wildman–Crippen MR) is 67.2 cm³/mol. The molecule has 0 aliphatic carbocycles. The first-order valence-electron chi connectivity index (χ1n) is 5.52. The van der Waals surface area contributed by atoms with Gasteiger partial charge in [-0.1, -0.05) is 13.8 Å². The zero-order valence-electron chi connectivity index (χ0n) is 10.0. The summed E-state index contributed by atoms with van der Waals surface area (Å²) in [7, 11) is 0. The highest BCUT2D eigenvalue weighted by Crippen LogP contribution is 2.26. The second-order valence-corrected chi connectivity index (χ2v) is 5.73. The summed E-state index contributed by atoms with van der Waals surface area (Å²) in [6.07, 6.45) is 0.743. The van der Waals surface area contributed by atoms with E-state index in [0.29, 0.717) is 0 Å². The number of benzene rings is 1. The highest BCUT2D eigenvalue weighted by atomic mass is 32.2. The lowest BCUT2D eigenvalue weighted by molar-refractivity contribution is 0.0111. The Bertz CT molecular complexity index is 319. The Morgan fingerprint density at radius 3 is 2.38 bits per heavy atom. The Hall–Kier alpha value is -0.540. The fourth-order valence-electron chi connectivity index (χ4n) is 1.20. The van der Waals surface area contributed by atoms with E-state index in [1.165, 1.54) is 12.1 Å². The molecule has 0 aliphatic heterocycles. The van der Waals surface area contributed by atoms with E-state index in [-0.39, 0.29) is 11.7 Å². The smallest absolute Gasteiger partial charge is 0.123 e. The minimum Gasteiger partial charge on any atom is -0.390 e. The van der Waals surface area contributed by atoms with Crippen LogP contribution in [-0.2, 0) is 0 Å². The van der Waals surface area contributed by atoms with Crippen molar-refractivity contribution in [2.24, 2.45) is 5.92 Å². The van der Waals surface area contributed by atoms with Crippen LogP contribution in [0, 0.1) is 11.7 Å². The van der Waals surface area contributed by atoms with Crippen LogP contribution in [0.15, 0.2) is 29.2 Å². The lowest BCUT2D eigenvalue weighted by atomic mass is 9.90. The van der Waals surface area contributed by atoms with Crippen LogP contribution in [0.1, 0.15) is 27.2 Å². The molecule has 1 rings (SSSR count). The first-order valence-corrected chi connectivity index (χ1v) is 6.51. The average Bonchev–Trinajstić information content (AvgIpc) is 2.20. The topological polar surface area (TPSA) is 20.2 Å². The van der Waals surface area contributed by atoms with Crippen LogP contribution < -0.4 is 0 Å². The van der Waals surface area contributed by atoms with Crippen LogP contribution in [-0.4, -0.2) is 16.5 Å². The number of thioether (sulfide) groups is 1. The van der Waals surface area contributed by atoms with Crippen LogP contribution in [0.5, 0.6) is 0 Å². The van der Waals surface area contributed by atoms with Gasteiger partial charge in [0.05, 0.1) is 5.60 Å². The van der Waals surface area contributed by atoms with Gasteiger partial charge in [-0.05, 0) is 43.5 Å². The van der Waals surface area contributed by atoms with Crippen molar-refractivity contribution >= 4 is 11.8 Å². The Balaban J connectivity index is 2.39. The van der Waals surface area contributed by atoms with E-state index in [2.05, 4.69) is 0 Å². The van der Waals surface area contributed by atoms with Gasteiger partial charge in [-0.15, -0.1) is 11.8 Å². The zero-order chi connectivity index (χ0) is 12.2. The maximum atomic E-state index is 12.7. The van der Waals surface area contributed by atoms with Crippen molar-refractivity contribution in [3.05, 3.63) is 30.1 Å². The molecule has 1 aromatic carbocycles. The first kappa shape index (κ1) is 13.5. The van der Waals surface area contributed by atoms with Gasteiger partial charge in [-0.3, -0.25) is 0 Å². The van der Waals surface area contributed by atoms with Crippen LogP contribution >= 0.6 is 11.8 Å². The van der Waals surface area contributed by atoms with Gasteiger partial charge in [0, 0.05) is 10.6 Å². The monoisotopic (exact) mass is 242 g/mol. The molecule has 90 valence electrons. The summed E-state index contributed by atoms with van der Waals surface area (Å²) in [4.78, 5) is 1.04. The van der Waals surface area contributed by atoms with Crippen molar-refractivity contribution in [3.63, 3.8) is 0 Å². The Labute approximate surface area is 101 Å². The quantitative estimate of drug-likeness (QED) is 0.794. The lowest BCUT2D eigenvalue weighted by Gasteiger charge is -2.27. The van der Waals surface area contributed by atoms with E-state index in [4.69, 9.17) is 0 Å². The summed E-state index contributed by atoms with van der Waals surface area (Å²) in [5.74, 6) is 0.886. The van der Waals surface area contributed by atoms with Crippen LogP contribution in [0.25, 0.3) is 0 Å². The van der Waals surface area contributed by atoms with Crippen molar-refractivity contribution in [1.82, 2.24) is 0 Å². The van der Waals surface area contributed by atoms with Gasteiger partial charge in [-0.25, -0.2) is 4.39 Å². The normalized spacial score (nSPS) is 15.1. The number of hydrogen-bond donors (Lipinski definition) is 1. The third-order valence-electron chi connectivity index (χ3n) is 2.93. The first-order chi connectivity index (χ1) is 7.42. The molecule has 0 bridgehead atoms. The average molecular weight is 242 g/mol. The molecule has 0 saturated heterocycles. The number of aliphatic hydroxyl groups is 1. The van der Waals surface area contributed by atoms with E-state index in [1.807, 2.05) is 20.8 Å². The lowest BCUT2D eigenvalue weighted by Crippen LogP contribution is -2.31. The highest BCUT2D eigenvalue weighted by Gasteiger charge is 2.23. The molecule has 1 atom stereocenters. The minimum atomic E-state index is -0.618. The van der Waals surface area contributed by atoms with Gasteiger partial charge < -0.3 is 5.11 Å². The SMILES string of the molecule is CC(C)C(C)(O)CCSc1ccc(F)cc1. The molecule has 0 saturated carbocycles. The van der Waals surface area contributed by atoms with E-state index in [1.54, 1.807) is 23.9 Å². The number of halogens is 1. The molecule has 0 heterocycles. The van der Waals surface area contributed by atoms with Crippen molar-refractivity contribution in [2.45, 2.75) is 37.7 Å². The van der Waals surface area contributed by atoms with Gasteiger partial charge in [0.25, 0.3) is 0 Å². The van der Waals surface area contributed by atoms with Crippen molar-refractivity contribution in [1.29, 1.82) is 0 Å². The van der Waals surface area contributed by atoms with E-state index >= 15 is 0 Å². The molecule has 1 nitrogen and oxygen atoms in total. The fourth-order valence-corrected chi connectivity index (χ4v) is 2.27. The summed E-state index contributed by atoms with van der Waals surface area (Å²) >= 11 is 1.65. The molecule has 0 radical (unpaired) electrons. The molecule has 0 aromatic heterocycles. The van der Waals surface area contributed by atoms with Crippen molar-refractivity contribution < 1.29 is 9.50 Å². The predicted octanol–water partition coefficient (Wildman–Crippen LogP) is 3.71. The largest absolute Gasteiger partial charge is 0.390 e. The summed E-state index contributed by atoms with van der Waals surface area (Å²) in [5, 5.41) is 10.0. The van der Waals surface area contributed by atoms with Crippen LogP contribution in [0.3, 0.4) is 0 Å². The Morgan fingerprint density at radius 2 is 1.88 bits per heavy atom. The molecular formula is C13H19FOS. The second kappa shape index (κ2) is 5.69.